The second-order valence-electron chi connectivity index (χ2n) is 4.18. The van der Waals surface area contributed by atoms with Gasteiger partial charge >= 0.3 is 5.97 Å². The average Bonchev–Trinajstić information content (AvgIpc) is 2.31. The third-order valence-corrected chi connectivity index (χ3v) is 3.39. The number of hydrogen-bond donors (Lipinski definition) is 2. The van der Waals surface area contributed by atoms with Crippen molar-refractivity contribution in [2.45, 2.75) is 32.2 Å². The van der Waals surface area contributed by atoms with Crippen LogP contribution in [0, 0.1) is 0 Å². The first kappa shape index (κ1) is 16.0. The summed E-state index contributed by atoms with van der Waals surface area (Å²) in [5.41, 5.74) is 0.336. The summed E-state index contributed by atoms with van der Waals surface area (Å²) in [4.78, 5) is 22.8. The second kappa shape index (κ2) is 7.50. The van der Waals surface area contributed by atoms with Crippen LogP contribution in [0.5, 0.6) is 0 Å². The van der Waals surface area contributed by atoms with E-state index in [1.807, 2.05) is 6.92 Å². The van der Waals surface area contributed by atoms with Crippen LogP contribution in [0.3, 0.4) is 0 Å². The standard InChI is InChI=1S/C13H15BrClNO3/c1-2-3-9(7-12(17)18)16-13(19)10-6-8(14)4-5-11(10)15/h4-6,9H,2-3,7H2,1H3,(H,16,19)(H,17,18). The molecule has 1 aromatic carbocycles. The van der Waals surface area contributed by atoms with E-state index >= 15 is 0 Å². The maximum Gasteiger partial charge on any atom is 0.305 e. The van der Waals surface area contributed by atoms with Crippen LogP contribution in [0.15, 0.2) is 22.7 Å². The Kier molecular flexibility index (Phi) is 6.31. The zero-order valence-electron chi connectivity index (χ0n) is 10.5. The third-order valence-electron chi connectivity index (χ3n) is 2.57. The van der Waals surface area contributed by atoms with Crippen molar-refractivity contribution < 1.29 is 14.7 Å². The van der Waals surface area contributed by atoms with Crippen molar-refractivity contribution in [3.8, 4) is 0 Å². The summed E-state index contributed by atoms with van der Waals surface area (Å²) < 4.78 is 0.743. The van der Waals surface area contributed by atoms with Gasteiger partial charge < -0.3 is 10.4 Å². The summed E-state index contributed by atoms with van der Waals surface area (Å²) in [7, 11) is 0. The normalized spacial score (nSPS) is 11.9. The number of rotatable bonds is 6. The molecule has 0 aliphatic carbocycles. The van der Waals surface area contributed by atoms with E-state index in [9.17, 15) is 9.59 Å². The molecular formula is C13H15BrClNO3. The summed E-state index contributed by atoms with van der Waals surface area (Å²) in [6, 6.07) is 4.58. The summed E-state index contributed by atoms with van der Waals surface area (Å²) in [6.45, 7) is 1.94. The van der Waals surface area contributed by atoms with E-state index in [0.29, 0.717) is 17.0 Å². The topological polar surface area (TPSA) is 66.4 Å². The fourth-order valence-electron chi connectivity index (χ4n) is 1.72. The Morgan fingerprint density at radius 1 is 1.47 bits per heavy atom. The van der Waals surface area contributed by atoms with Crippen LogP contribution >= 0.6 is 27.5 Å². The van der Waals surface area contributed by atoms with Gasteiger partial charge in [-0.05, 0) is 24.6 Å². The molecule has 6 heteroatoms. The van der Waals surface area contributed by atoms with Gasteiger partial charge in [-0.3, -0.25) is 9.59 Å². The Labute approximate surface area is 125 Å². The largest absolute Gasteiger partial charge is 0.481 e. The highest BCUT2D eigenvalue weighted by Gasteiger charge is 2.18. The highest BCUT2D eigenvalue weighted by Crippen LogP contribution is 2.21. The van der Waals surface area contributed by atoms with Gasteiger partial charge in [-0.2, -0.15) is 0 Å². The molecule has 1 unspecified atom stereocenters. The first-order valence-electron chi connectivity index (χ1n) is 5.91. The van der Waals surface area contributed by atoms with E-state index < -0.39 is 5.97 Å². The van der Waals surface area contributed by atoms with Gasteiger partial charge in [-0.25, -0.2) is 0 Å². The van der Waals surface area contributed by atoms with Crippen LogP contribution in [0.1, 0.15) is 36.5 Å². The molecule has 0 fully saturated rings. The molecule has 19 heavy (non-hydrogen) atoms. The Morgan fingerprint density at radius 3 is 2.74 bits per heavy atom. The zero-order chi connectivity index (χ0) is 14.4. The lowest BCUT2D eigenvalue weighted by molar-refractivity contribution is -0.137. The lowest BCUT2D eigenvalue weighted by Crippen LogP contribution is -2.36. The minimum Gasteiger partial charge on any atom is -0.481 e. The third kappa shape index (κ3) is 5.20. The van der Waals surface area contributed by atoms with E-state index in [1.54, 1.807) is 18.2 Å². The highest BCUT2D eigenvalue weighted by molar-refractivity contribution is 9.10. The molecule has 2 N–H and O–H groups in total. The van der Waals surface area contributed by atoms with Crippen LogP contribution in [0.4, 0.5) is 0 Å². The Bertz CT molecular complexity index is 479. The molecule has 0 bridgehead atoms. The zero-order valence-corrected chi connectivity index (χ0v) is 12.8. The number of nitrogens with one attached hydrogen (secondary N) is 1. The maximum absolute atomic E-state index is 12.1. The number of aliphatic carboxylic acids is 1. The molecule has 0 aromatic heterocycles. The molecule has 0 aliphatic heterocycles. The van der Waals surface area contributed by atoms with E-state index in [1.165, 1.54) is 0 Å². The van der Waals surface area contributed by atoms with Gasteiger partial charge in [0.2, 0.25) is 0 Å². The van der Waals surface area contributed by atoms with Crippen LogP contribution < -0.4 is 5.32 Å². The van der Waals surface area contributed by atoms with Crippen molar-refractivity contribution in [2.75, 3.05) is 0 Å². The minimum atomic E-state index is -0.931. The van der Waals surface area contributed by atoms with Gasteiger partial charge in [-0.1, -0.05) is 40.9 Å². The van der Waals surface area contributed by atoms with Crippen LogP contribution in [0.2, 0.25) is 5.02 Å². The minimum absolute atomic E-state index is 0.0921. The molecule has 1 aromatic rings. The molecule has 0 saturated heterocycles. The maximum atomic E-state index is 12.1. The van der Waals surface area contributed by atoms with Gasteiger partial charge in [0.05, 0.1) is 17.0 Å². The number of carboxylic acids is 1. The van der Waals surface area contributed by atoms with Gasteiger partial charge in [0.25, 0.3) is 5.91 Å². The molecular weight excluding hydrogens is 334 g/mol. The summed E-state index contributed by atoms with van der Waals surface area (Å²) in [5.74, 6) is -1.29. The summed E-state index contributed by atoms with van der Waals surface area (Å²) in [5, 5.41) is 11.9. The smallest absolute Gasteiger partial charge is 0.305 e. The van der Waals surface area contributed by atoms with Gasteiger partial charge in [0.1, 0.15) is 0 Å². The average molecular weight is 349 g/mol. The van der Waals surface area contributed by atoms with Gasteiger partial charge in [-0.15, -0.1) is 0 Å². The molecule has 0 spiro atoms. The van der Waals surface area contributed by atoms with E-state index in [0.717, 1.165) is 10.9 Å². The van der Waals surface area contributed by atoms with E-state index in [4.69, 9.17) is 16.7 Å². The number of hydrogen-bond acceptors (Lipinski definition) is 2. The molecule has 1 rings (SSSR count). The van der Waals surface area contributed by atoms with E-state index in [-0.39, 0.29) is 18.4 Å². The van der Waals surface area contributed by atoms with Crippen molar-refractivity contribution >= 4 is 39.4 Å². The Hall–Kier alpha value is -1.07. The first-order valence-corrected chi connectivity index (χ1v) is 7.08. The number of carboxylic acid groups (broad SMARTS) is 1. The molecule has 4 nitrogen and oxygen atoms in total. The molecule has 0 heterocycles. The number of benzene rings is 1. The number of carbonyl (C=O) groups excluding carboxylic acids is 1. The van der Waals surface area contributed by atoms with Crippen LogP contribution in [-0.2, 0) is 4.79 Å². The van der Waals surface area contributed by atoms with Crippen LogP contribution in [0.25, 0.3) is 0 Å². The van der Waals surface area contributed by atoms with Crippen molar-refractivity contribution in [3.63, 3.8) is 0 Å². The predicted molar refractivity (Wildman–Crippen MR) is 77.6 cm³/mol. The summed E-state index contributed by atoms with van der Waals surface area (Å²) in [6.07, 6.45) is 1.32. The fourth-order valence-corrected chi connectivity index (χ4v) is 2.28. The quantitative estimate of drug-likeness (QED) is 0.827. The Balaban J connectivity index is 2.81. The molecule has 0 radical (unpaired) electrons. The molecule has 1 amide bonds. The predicted octanol–water partition coefficient (Wildman–Crippen LogP) is 3.48. The van der Waals surface area contributed by atoms with Gasteiger partial charge in [0.15, 0.2) is 0 Å². The molecule has 0 saturated carbocycles. The fraction of sp³-hybridized carbons (Fsp3) is 0.385. The van der Waals surface area contributed by atoms with Crippen molar-refractivity contribution in [3.05, 3.63) is 33.3 Å². The lowest BCUT2D eigenvalue weighted by atomic mass is 10.1. The number of carbonyl (C=O) groups is 2. The first-order chi connectivity index (χ1) is 8.93. The molecule has 1 atom stereocenters. The SMILES string of the molecule is CCCC(CC(=O)O)NC(=O)c1cc(Br)ccc1Cl. The Morgan fingerprint density at radius 2 is 2.16 bits per heavy atom. The number of halogens is 2. The van der Waals surface area contributed by atoms with Gasteiger partial charge in [0, 0.05) is 10.5 Å². The summed E-state index contributed by atoms with van der Waals surface area (Å²) >= 11 is 9.23. The van der Waals surface area contributed by atoms with Crippen molar-refractivity contribution in [1.82, 2.24) is 5.32 Å². The lowest BCUT2D eigenvalue weighted by Gasteiger charge is -2.16. The monoisotopic (exact) mass is 347 g/mol. The van der Waals surface area contributed by atoms with E-state index in [2.05, 4.69) is 21.2 Å². The second-order valence-corrected chi connectivity index (χ2v) is 5.50. The van der Waals surface area contributed by atoms with Crippen molar-refractivity contribution in [2.24, 2.45) is 0 Å². The highest BCUT2D eigenvalue weighted by atomic mass is 79.9. The molecule has 0 aliphatic rings. The molecule has 104 valence electrons. The van der Waals surface area contributed by atoms with Crippen LogP contribution in [-0.4, -0.2) is 23.0 Å². The van der Waals surface area contributed by atoms with Crippen molar-refractivity contribution in [1.29, 1.82) is 0 Å². The number of amides is 1.